The van der Waals surface area contributed by atoms with Crippen LogP contribution in [0, 0.1) is 5.92 Å². The predicted molar refractivity (Wildman–Crippen MR) is 84.6 cm³/mol. The van der Waals surface area contributed by atoms with Crippen LogP contribution in [0.25, 0.3) is 0 Å². The fourth-order valence-electron chi connectivity index (χ4n) is 3.66. The first kappa shape index (κ1) is 14.1. The van der Waals surface area contributed by atoms with Crippen LogP contribution in [0.3, 0.4) is 0 Å². The van der Waals surface area contributed by atoms with E-state index in [1.165, 1.54) is 36.9 Å². The van der Waals surface area contributed by atoms with E-state index in [-0.39, 0.29) is 5.54 Å². The molecule has 2 atom stereocenters. The van der Waals surface area contributed by atoms with E-state index in [0.29, 0.717) is 0 Å². The second kappa shape index (κ2) is 5.50. The number of rotatable bonds is 4. The maximum absolute atomic E-state index is 3.57. The standard InChI is InChI=1S/C18H28N2/c1-18(2,3)19-11-14-5-4-6-15(9-14)12-20-13-16-7-8-17(20)10-16/h4-6,9,16-17,19H,7-8,10-13H2,1-3H3. The number of fused-ring (bicyclic) bond motifs is 2. The van der Waals surface area contributed by atoms with E-state index < -0.39 is 0 Å². The van der Waals surface area contributed by atoms with E-state index >= 15 is 0 Å². The molecule has 2 bridgehead atoms. The third-order valence-corrected chi connectivity index (χ3v) is 4.72. The fraction of sp³-hybridized carbons (Fsp3) is 0.667. The Morgan fingerprint density at radius 3 is 2.65 bits per heavy atom. The maximum atomic E-state index is 3.57. The molecular formula is C18H28N2. The summed E-state index contributed by atoms with van der Waals surface area (Å²) < 4.78 is 0. The van der Waals surface area contributed by atoms with Gasteiger partial charge in [0.05, 0.1) is 0 Å². The van der Waals surface area contributed by atoms with Crippen LogP contribution in [0.2, 0.25) is 0 Å². The van der Waals surface area contributed by atoms with Crippen LogP contribution >= 0.6 is 0 Å². The second-order valence-electron chi connectivity index (χ2n) is 7.69. The van der Waals surface area contributed by atoms with Gasteiger partial charge in [-0.1, -0.05) is 24.3 Å². The Morgan fingerprint density at radius 1 is 1.20 bits per heavy atom. The molecule has 1 aliphatic heterocycles. The highest BCUT2D eigenvalue weighted by Crippen LogP contribution is 2.38. The Kier molecular flexibility index (Phi) is 3.87. The third kappa shape index (κ3) is 3.42. The molecule has 2 heteroatoms. The van der Waals surface area contributed by atoms with Gasteiger partial charge in [0.2, 0.25) is 0 Å². The molecule has 1 saturated heterocycles. The van der Waals surface area contributed by atoms with Crippen molar-refractivity contribution in [3.05, 3.63) is 35.4 Å². The zero-order valence-electron chi connectivity index (χ0n) is 13.2. The molecule has 110 valence electrons. The van der Waals surface area contributed by atoms with Crippen molar-refractivity contribution >= 4 is 0 Å². The van der Waals surface area contributed by atoms with Gasteiger partial charge in [-0.2, -0.15) is 0 Å². The first-order chi connectivity index (χ1) is 9.49. The minimum atomic E-state index is 0.185. The normalized spacial score (nSPS) is 26.4. The lowest BCUT2D eigenvalue weighted by molar-refractivity contribution is 0.205. The molecule has 2 unspecified atom stereocenters. The largest absolute Gasteiger partial charge is 0.308 e. The lowest BCUT2D eigenvalue weighted by Crippen LogP contribution is -2.35. The summed E-state index contributed by atoms with van der Waals surface area (Å²) in [7, 11) is 0. The molecule has 0 spiro atoms. The van der Waals surface area contributed by atoms with Gasteiger partial charge >= 0.3 is 0 Å². The zero-order valence-corrected chi connectivity index (χ0v) is 13.2. The number of likely N-dealkylation sites (tertiary alicyclic amines) is 1. The molecule has 2 aliphatic rings. The maximum Gasteiger partial charge on any atom is 0.0236 e. The van der Waals surface area contributed by atoms with Gasteiger partial charge < -0.3 is 5.32 Å². The molecule has 2 fully saturated rings. The fourth-order valence-corrected chi connectivity index (χ4v) is 3.66. The number of benzene rings is 1. The number of nitrogens with one attached hydrogen (secondary N) is 1. The quantitative estimate of drug-likeness (QED) is 0.901. The highest BCUT2D eigenvalue weighted by atomic mass is 15.2. The summed E-state index contributed by atoms with van der Waals surface area (Å²) in [5.41, 5.74) is 3.07. The monoisotopic (exact) mass is 272 g/mol. The van der Waals surface area contributed by atoms with Gasteiger partial charge in [-0.15, -0.1) is 0 Å². The van der Waals surface area contributed by atoms with Gasteiger partial charge in [-0.25, -0.2) is 0 Å². The highest BCUT2D eigenvalue weighted by Gasteiger charge is 2.37. The first-order valence-corrected chi connectivity index (χ1v) is 8.06. The summed E-state index contributed by atoms with van der Waals surface area (Å²) in [5, 5.41) is 3.57. The van der Waals surface area contributed by atoms with Crippen molar-refractivity contribution in [3.8, 4) is 0 Å². The first-order valence-electron chi connectivity index (χ1n) is 8.06. The highest BCUT2D eigenvalue weighted by molar-refractivity contribution is 5.24. The number of piperidine rings is 1. The van der Waals surface area contributed by atoms with Crippen molar-refractivity contribution in [2.75, 3.05) is 6.54 Å². The van der Waals surface area contributed by atoms with Crippen LogP contribution in [0.4, 0.5) is 0 Å². The van der Waals surface area contributed by atoms with E-state index in [9.17, 15) is 0 Å². The van der Waals surface area contributed by atoms with Crippen molar-refractivity contribution in [3.63, 3.8) is 0 Å². The van der Waals surface area contributed by atoms with Crippen LogP contribution < -0.4 is 5.32 Å². The van der Waals surface area contributed by atoms with Crippen molar-refractivity contribution in [1.82, 2.24) is 10.2 Å². The molecular weight excluding hydrogens is 244 g/mol. The SMILES string of the molecule is CC(C)(C)NCc1cccc(CN2CC3CCC2C3)c1. The van der Waals surface area contributed by atoms with Gasteiger partial charge in [0, 0.05) is 31.2 Å². The predicted octanol–water partition coefficient (Wildman–Crippen LogP) is 3.56. The second-order valence-corrected chi connectivity index (χ2v) is 7.69. The molecule has 1 heterocycles. The Bertz CT molecular complexity index is 461. The Balaban J connectivity index is 1.60. The molecule has 1 saturated carbocycles. The van der Waals surface area contributed by atoms with Gasteiger partial charge in [0.15, 0.2) is 0 Å². The molecule has 0 amide bonds. The minimum Gasteiger partial charge on any atom is -0.308 e. The molecule has 1 aromatic rings. The number of nitrogens with zero attached hydrogens (tertiary/aromatic N) is 1. The smallest absolute Gasteiger partial charge is 0.0236 e. The molecule has 2 nitrogen and oxygen atoms in total. The van der Waals surface area contributed by atoms with Gasteiger partial charge in [-0.05, 0) is 57.1 Å². The molecule has 0 radical (unpaired) electrons. The molecule has 1 aromatic carbocycles. The average molecular weight is 272 g/mol. The number of hydrogen-bond donors (Lipinski definition) is 1. The summed E-state index contributed by atoms with van der Waals surface area (Å²) in [6, 6.07) is 9.98. The van der Waals surface area contributed by atoms with E-state index in [1.807, 2.05) is 0 Å². The topological polar surface area (TPSA) is 15.3 Å². The van der Waals surface area contributed by atoms with Crippen LogP contribution in [0.5, 0.6) is 0 Å². The van der Waals surface area contributed by atoms with Crippen LogP contribution in [0.1, 0.15) is 51.2 Å². The summed E-state index contributed by atoms with van der Waals surface area (Å²) >= 11 is 0. The molecule has 1 N–H and O–H groups in total. The lowest BCUT2D eigenvalue weighted by atomic mass is 10.1. The van der Waals surface area contributed by atoms with Crippen molar-refractivity contribution < 1.29 is 0 Å². The van der Waals surface area contributed by atoms with Crippen LogP contribution in [-0.4, -0.2) is 23.0 Å². The molecule has 1 aliphatic carbocycles. The number of hydrogen-bond acceptors (Lipinski definition) is 2. The van der Waals surface area contributed by atoms with E-state index in [2.05, 4.69) is 55.3 Å². The average Bonchev–Trinajstić information content (AvgIpc) is 2.98. The van der Waals surface area contributed by atoms with Crippen LogP contribution in [-0.2, 0) is 13.1 Å². The van der Waals surface area contributed by atoms with Crippen molar-refractivity contribution in [2.24, 2.45) is 5.92 Å². The van der Waals surface area contributed by atoms with Crippen molar-refractivity contribution in [2.45, 2.75) is 64.7 Å². The molecule has 3 rings (SSSR count). The summed E-state index contributed by atoms with van der Waals surface area (Å²) in [6.45, 7) is 10.1. The Labute approximate surface area is 123 Å². The Morgan fingerprint density at radius 2 is 2.00 bits per heavy atom. The van der Waals surface area contributed by atoms with Gasteiger partial charge in [0.1, 0.15) is 0 Å². The van der Waals surface area contributed by atoms with Gasteiger partial charge in [0.25, 0.3) is 0 Å². The minimum absolute atomic E-state index is 0.185. The molecule has 20 heavy (non-hydrogen) atoms. The summed E-state index contributed by atoms with van der Waals surface area (Å²) in [6.07, 6.45) is 4.35. The van der Waals surface area contributed by atoms with Gasteiger partial charge in [-0.3, -0.25) is 4.90 Å². The van der Waals surface area contributed by atoms with E-state index in [4.69, 9.17) is 0 Å². The van der Waals surface area contributed by atoms with E-state index in [0.717, 1.165) is 25.0 Å². The van der Waals surface area contributed by atoms with Crippen molar-refractivity contribution in [1.29, 1.82) is 0 Å². The summed E-state index contributed by atoms with van der Waals surface area (Å²) in [4.78, 5) is 2.70. The summed E-state index contributed by atoms with van der Waals surface area (Å²) in [5.74, 6) is 0.991. The zero-order chi connectivity index (χ0) is 14.2. The third-order valence-electron chi connectivity index (χ3n) is 4.72. The molecule has 0 aromatic heterocycles. The lowest BCUT2D eigenvalue weighted by Gasteiger charge is -2.27. The van der Waals surface area contributed by atoms with E-state index in [1.54, 1.807) is 0 Å². The Hall–Kier alpha value is -0.860. The van der Waals surface area contributed by atoms with Crippen LogP contribution in [0.15, 0.2) is 24.3 Å².